The van der Waals surface area contributed by atoms with Crippen molar-refractivity contribution < 1.29 is 33.3 Å². The average Bonchev–Trinajstić information content (AvgIpc) is 3.51. The van der Waals surface area contributed by atoms with Crippen LogP contribution in [0.15, 0.2) is 23.5 Å². The molecule has 1 spiro atoms. The molecule has 1 aromatic carbocycles. The van der Waals surface area contributed by atoms with E-state index in [0.29, 0.717) is 6.42 Å². The van der Waals surface area contributed by atoms with Crippen LogP contribution in [0.1, 0.15) is 56.6 Å². The standard InChI is InChI=1S/C25H32F2N4O5/c1-14-17(26)8-15(9-18(14)27)19-12-31(30-28-19)22-23(33)21(13-32)35-20(24(22)34-2)10-16-11-25(36-29-16)6-4-3-5-7-25/h8-9,12,20-24,32-33H,3-7,10-11,13H2,1-2H3. The van der Waals surface area contributed by atoms with Crippen LogP contribution >= 0.6 is 0 Å². The summed E-state index contributed by atoms with van der Waals surface area (Å²) in [6.07, 6.45) is 4.78. The Labute approximate surface area is 208 Å². The SMILES string of the molecule is COC1C(CC2=NOC3(CCCCC3)C2)OC(CO)C(O)C1n1cc(-c2cc(F)c(C)c(F)c2)nn1. The molecule has 0 radical (unpaired) electrons. The highest BCUT2D eigenvalue weighted by Crippen LogP contribution is 2.41. The van der Waals surface area contributed by atoms with Crippen LogP contribution in [0.2, 0.25) is 0 Å². The van der Waals surface area contributed by atoms with Crippen LogP contribution in [-0.2, 0) is 14.3 Å². The van der Waals surface area contributed by atoms with E-state index in [0.717, 1.165) is 37.8 Å². The van der Waals surface area contributed by atoms with E-state index in [1.54, 1.807) is 0 Å². The van der Waals surface area contributed by atoms with Gasteiger partial charge in [-0.15, -0.1) is 5.10 Å². The molecule has 1 aromatic heterocycles. The van der Waals surface area contributed by atoms with Crippen molar-refractivity contribution in [3.05, 3.63) is 35.5 Å². The van der Waals surface area contributed by atoms with E-state index >= 15 is 0 Å². The number of benzene rings is 1. The number of ether oxygens (including phenoxy) is 2. The molecule has 3 heterocycles. The third-order valence-corrected chi connectivity index (χ3v) is 7.72. The van der Waals surface area contributed by atoms with Gasteiger partial charge in [0.2, 0.25) is 0 Å². The minimum atomic E-state index is -1.16. The summed E-state index contributed by atoms with van der Waals surface area (Å²) in [5, 5.41) is 33.5. The highest BCUT2D eigenvalue weighted by atomic mass is 19.1. The summed E-state index contributed by atoms with van der Waals surface area (Å²) >= 11 is 0. The number of hydrogen-bond acceptors (Lipinski definition) is 8. The van der Waals surface area contributed by atoms with Crippen LogP contribution in [0.5, 0.6) is 0 Å². The number of aromatic nitrogens is 3. The fourth-order valence-electron chi connectivity index (χ4n) is 5.68. The number of aliphatic hydroxyl groups excluding tert-OH is 2. The lowest BCUT2D eigenvalue weighted by Gasteiger charge is -2.43. The van der Waals surface area contributed by atoms with Gasteiger partial charge in [0.1, 0.15) is 47.3 Å². The van der Waals surface area contributed by atoms with Gasteiger partial charge in [0.25, 0.3) is 0 Å². The lowest BCUT2D eigenvalue weighted by atomic mass is 9.80. The van der Waals surface area contributed by atoms with Crippen molar-refractivity contribution in [3.8, 4) is 11.3 Å². The predicted octanol–water partition coefficient (Wildman–Crippen LogP) is 3.08. The number of halogens is 2. The van der Waals surface area contributed by atoms with Gasteiger partial charge in [0.05, 0.1) is 24.6 Å². The van der Waals surface area contributed by atoms with Crippen LogP contribution in [-0.4, -0.2) is 74.7 Å². The first-order valence-electron chi connectivity index (χ1n) is 12.4. The molecule has 2 fully saturated rings. The molecule has 0 bridgehead atoms. The molecule has 1 saturated heterocycles. The minimum absolute atomic E-state index is 0.0760. The van der Waals surface area contributed by atoms with E-state index in [2.05, 4.69) is 15.5 Å². The van der Waals surface area contributed by atoms with Crippen molar-refractivity contribution in [1.82, 2.24) is 15.0 Å². The molecular weight excluding hydrogens is 474 g/mol. The second-order valence-corrected chi connectivity index (χ2v) is 10.1. The zero-order valence-electron chi connectivity index (χ0n) is 20.4. The molecule has 5 unspecified atom stereocenters. The van der Waals surface area contributed by atoms with Crippen molar-refractivity contribution >= 4 is 5.71 Å². The normalized spacial score (nSPS) is 29.8. The van der Waals surface area contributed by atoms with E-state index < -0.39 is 48.7 Å². The quantitative estimate of drug-likeness (QED) is 0.619. The maximum atomic E-state index is 14.1. The van der Waals surface area contributed by atoms with Crippen LogP contribution in [0.3, 0.4) is 0 Å². The van der Waals surface area contributed by atoms with Gasteiger partial charge < -0.3 is 24.5 Å². The molecule has 2 aromatic rings. The van der Waals surface area contributed by atoms with Crippen LogP contribution < -0.4 is 0 Å². The topological polar surface area (TPSA) is 111 Å². The van der Waals surface area contributed by atoms with Gasteiger partial charge in [-0.1, -0.05) is 16.8 Å². The Bertz CT molecular complexity index is 1100. The van der Waals surface area contributed by atoms with E-state index in [1.165, 1.54) is 43.5 Å². The van der Waals surface area contributed by atoms with Gasteiger partial charge in [-0.3, -0.25) is 0 Å². The summed E-state index contributed by atoms with van der Waals surface area (Å²) in [5.74, 6) is -1.37. The molecule has 9 nitrogen and oxygen atoms in total. The molecule has 11 heteroatoms. The van der Waals surface area contributed by atoms with Gasteiger partial charge >= 0.3 is 0 Å². The maximum Gasteiger partial charge on any atom is 0.143 e. The molecule has 3 aliphatic rings. The summed E-state index contributed by atoms with van der Waals surface area (Å²) in [6, 6.07) is 1.62. The smallest absolute Gasteiger partial charge is 0.143 e. The van der Waals surface area contributed by atoms with Gasteiger partial charge in [-0.25, -0.2) is 13.5 Å². The highest BCUT2D eigenvalue weighted by molar-refractivity contribution is 5.86. The van der Waals surface area contributed by atoms with Crippen LogP contribution in [0.25, 0.3) is 11.3 Å². The Hall–Kier alpha value is -2.47. The Kier molecular flexibility index (Phi) is 7.08. The molecule has 2 aliphatic heterocycles. The van der Waals surface area contributed by atoms with Crippen molar-refractivity contribution in [3.63, 3.8) is 0 Å². The fraction of sp³-hybridized carbons (Fsp3) is 0.640. The fourth-order valence-corrected chi connectivity index (χ4v) is 5.68. The molecule has 196 valence electrons. The third kappa shape index (κ3) is 4.65. The van der Waals surface area contributed by atoms with Crippen LogP contribution in [0, 0.1) is 18.6 Å². The van der Waals surface area contributed by atoms with Crippen molar-refractivity contribution in [2.45, 2.75) is 87.9 Å². The zero-order valence-corrected chi connectivity index (χ0v) is 20.4. The van der Waals surface area contributed by atoms with Crippen molar-refractivity contribution in [1.29, 1.82) is 0 Å². The average molecular weight is 507 g/mol. The van der Waals surface area contributed by atoms with E-state index in [-0.39, 0.29) is 22.4 Å². The minimum Gasteiger partial charge on any atom is -0.394 e. The number of methoxy groups -OCH3 is 1. The first-order chi connectivity index (χ1) is 17.3. The Morgan fingerprint density at radius 2 is 1.89 bits per heavy atom. The molecule has 5 atom stereocenters. The Morgan fingerprint density at radius 3 is 2.56 bits per heavy atom. The summed E-state index contributed by atoms with van der Waals surface area (Å²) in [5.41, 5.74) is 1.02. The van der Waals surface area contributed by atoms with Crippen molar-refractivity contribution in [2.24, 2.45) is 5.16 Å². The zero-order chi connectivity index (χ0) is 25.4. The van der Waals surface area contributed by atoms with Gasteiger partial charge in [-0.2, -0.15) is 0 Å². The van der Waals surface area contributed by atoms with E-state index in [4.69, 9.17) is 14.3 Å². The molecule has 0 amide bonds. The van der Waals surface area contributed by atoms with Gasteiger partial charge in [-0.05, 0) is 44.7 Å². The molecule has 1 saturated carbocycles. The summed E-state index contributed by atoms with van der Waals surface area (Å²) < 4.78 is 41.5. The monoisotopic (exact) mass is 506 g/mol. The largest absolute Gasteiger partial charge is 0.394 e. The molecule has 5 rings (SSSR count). The third-order valence-electron chi connectivity index (χ3n) is 7.72. The predicted molar refractivity (Wildman–Crippen MR) is 125 cm³/mol. The molecular formula is C25H32F2N4O5. The lowest BCUT2D eigenvalue weighted by Crippen LogP contribution is -2.57. The lowest BCUT2D eigenvalue weighted by molar-refractivity contribution is -0.210. The summed E-state index contributed by atoms with van der Waals surface area (Å²) in [4.78, 5) is 5.87. The molecule has 36 heavy (non-hydrogen) atoms. The highest BCUT2D eigenvalue weighted by Gasteiger charge is 2.49. The molecule has 1 aliphatic carbocycles. The second-order valence-electron chi connectivity index (χ2n) is 10.1. The second kappa shape index (κ2) is 10.1. The molecule has 2 N–H and O–H groups in total. The first-order valence-corrected chi connectivity index (χ1v) is 12.4. The van der Waals surface area contributed by atoms with Crippen molar-refractivity contribution in [2.75, 3.05) is 13.7 Å². The van der Waals surface area contributed by atoms with E-state index in [1.807, 2.05) is 0 Å². The first kappa shape index (κ1) is 25.2. The number of oxime groups is 1. The number of aliphatic hydroxyl groups is 2. The Balaban J connectivity index is 1.39. The summed E-state index contributed by atoms with van der Waals surface area (Å²) in [6.45, 7) is 0.950. The van der Waals surface area contributed by atoms with Crippen LogP contribution in [0.4, 0.5) is 8.78 Å². The van der Waals surface area contributed by atoms with Gasteiger partial charge in [0, 0.05) is 31.1 Å². The van der Waals surface area contributed by atoms with Gasteiger partial charge in [0.15, 0.2) is 0 Å². The maximum absolute atomic E-state index is 14.1. The van der Waals surface area contributed by atoms with E-state index in [9.17, 15) is 19.0 Å². The number of rotatable bonds is 6. The summed E-state index contributed by atoms with van der Waals surface area (Å²) in [7, 11) is 1.51. The Morgan fingerprint density at radius 1 is 1.17 bits per heavy atom. The number of hydrogen-bond donors (Lipinski definition) is 2. The number of nitrogens with zero attached hydrogens (tertiary/aromatic N) is 4.